The average Bonchev–Trinajstić information content (AvgIpc) is 3.41. The van der Waals surface area contributed by atoms with Gasteiger partial charge in [-0.05, 0) is 37.4 Å². The number of carbonyl (C=O) groups is 1. The highest BCUT2D eigenvalue weighted by atomic mass is 16.5. The second kappa shape index (κ2) is 12.6. The van der Waals surface area contributed by atoms with E-state index in [4.69, 9.17) is 19.4 Å². The molecular formula is C33H39N7O3. The van der Waals surface area contributed by atoms with E-state index >= 15 is 0 Å². The van der Waals surface area contributed by atoms with Crippen molar-refractivity contribution in [3.8, 4) is 12.1 Å². The maximum absolute atomic E-state index is 12.5. The summed E-state index contributed by atoms with van der Waals surface area (Å²) < 4.78 is 11.9. The molecule has 0 bridgehead atoms. The van der Waals surface area contributed by atoms with Gasteiger partial charge in [-0.3, -0.25) is 9.69 Å². The van der Waals surface area contributed by atoms with E-state index in [0.29, 0.717) is 38.8 Å². The van der Waals surface area contributed by atoms with Crippen LogP contribution in [0.3, 0.4) is 0 Å². The number of amides is 1. The Balaban J connectivity index is 1.32. The molecule has 3 aliphatic heterocycles. The Morgan fingerprint density at radius 3 is 2.72 bits per heavy atom. The zero-order valence-corrected chi connectivity index (χ0v) is 25.0. The predicted octanol–water partition coefficient (Wildman–Crippen LogP) is 3.41. The Morgan fingerprint density at radius 1 is 1.09 bits per heavy atom. The molecule has 0 aliphatic carbocycles. The molecule has 2 saturated heterocycles. The molecule has 1 unspecified atom stereocenters. The fourth-order valence-corrected chi connectivity index (χ4v) is 6.70. The number of aromatic nitrogens is 2. The highest BCUT2D eigenvalue weighted by molar-refractivity contribution is 5.94. The Hall–Kier alpha value is -4.20. The Kier molecular flexibility index (Phi) is 8.45. The molecule has 224 valence electrons. The van der Waals surface area contributed by atoms with Crippen molar-refractivity contribution in [2.45, 2.75) is 44.0 Å². The summed E-state index contributed by atoms with van der Waals surface area (Å²) in [6.07, 6.45) is 3.45. The minimum Gasteiger partial charge on any atom is -0.462 e. The molecule has 1 amide bonds. The zero-order valence-electron chi connectivity index (χ0n) is 25.0. The number of ether oxygens (including phenoxy) is 2. The summed E-state index contributed by atoms with van der Waals surface area (Å²) in [7, 11) is 3.85. The van der Waals surface area contributed by atoms with E-state index in [9.17, 15) is 10.1 Å². The van der Waals surface area contributed by atoms with Crippen LogP contribution in [0.5, 0.6) is 6.01 Å². The van der Waals surface area contributed by atoms with Crippen LogP contribution < -0.4 is 14.5 Å². The molecule has 3 aromatic rings. The molecule has 0 saturated carbocycles. The van der Waals surface area contributed by atoms with Gasteiger partial charge in [0, 0.05) is 62.5 Å². The molecule has 1 aromatic heterocycles. The van der Waals surface area contributed by atoms with Gasteiger partial charge in [0.05, 0.1) is 36.9 Å². The number of anilines is 2. The zero-order chi connectivity index (χ0) is 29.9. The van der Waals surface area contributed by atoms with Crippen molar-refractivity contribution in [1.29, 1.82) is 5.26 Å². The topological polar surface area (TPSA) is 98.1 Å². The summed E-state index contributed by atoms with van der Waals surface area (Å²) in [5.74, 6) is 0.704. The molecule has 2 aromatic carbocycles. The predicted molar refractivity (Wildman–Crippen MR) is 166 cm³/mol. The normalized spacial score (nSPS) is 22.3. The number of likely N-dealkylation sites (tertiary alicyclic amines) is 1. The number of likely N-dealkylation sites (N-methyl/N-ethyl adjacent to an activating group) is 1. The third-order valence-corrected chi connectivity index (χ3v) is 9.09. The number of nitriles is 1. The number of piperazine rings is 1. The van der Waals surface area contributed by atoms with Crippen molar-refractivity contribution in [3.63, 3.8) is 0 Å². The SMILES string of the molecule is C=CC(=O)N1CCN(c2nc(OC[C@@H]3C[C@@H](OC)CN3C)nc3c2CCN(c2cccc4ccccc24)C3)CC1CC#N. The lowest BCUT2D eigenvalue weighted by Gasteiger charge is -2.42. The second-order valence-corrected chi connectivity index (χ2v) is 11.6. The summed E-state index contributed by atoms with van der Waals surface area (Å²) in [5, 5.41) is 12.0. The molecule has 3 aliphatic rings. The van der Waals surface area contributed by atoms with Gasteiger partial charge in [0.15, 0.2) is 0 Å². The van der Waals surface area contributed by atoms with Gasteiger partial charge in [-0.25, -0.2) is 0 Å². The van der Waals surface area contributed by atoms with Crippen LogP contribution in [0.4, 0.5) is 11.5 Å². The maximum atomic E-state index is 12.5. The van der Waals surface area contributed by atoms with Gasteiger partial charge in [0.2, 0.25) is 5.91 Å². The summed E-state index contributed by atoms with van der Waals surface area (Å²) >= 11 is 0. The first-order valence-electron chi connectivity index (χ1n) is 15.0. The number of benzene rings is 2. The minimum absolute atomic E-state index is 0.144. The van der Waals surface area contributed by atoms with Crippen LogP contribution in [0.15, 0.2) is 55.1 Å². The molecule has 6 rings (SSSR count). The number of carbonyl (C=O) groups excluding carboxylic acids is 1. The fraction of sp³-hybridized carbons (Fsp3) is 0.455. The summed E-state index contributed by atoms with van der Waals surface area (Å²) in [6.45, 7) is 8.10. The lowest BCUT2D eigenvalue weighted by atomic mass is 10.0. The van der Waals surface area contributed by atoms with Crippen LogP contribution in [0.2, 0.25) is 0 Å². The van der Waals surface area contributed by atoms with E-state index < -0.39 is 0 Å². The fourth-order valence-electron chi connectivity index (χ4n) is 6.70. The van der Waals surface area contributed by atoms with Crippen LogP contribution >= 0.6 is 0 Å². The third-order valence-electron chi connectivity index (χ3n) is 9.09. The lowest BCUT2D eigenvalue weighted by Crippen LogP contribution is -2.55. The summed E-state index contributed by atoms with van der Waals surface area (Å²) in [6, 6.07) is 17.5. The largest absolute Gasteiger partial charge is 0.462 e. The van der Waals surface area contributed by atoms with Crippen LogP contribution in [-0.2, 0) is 22.5 Å². The smallest absolute Gasteiger partial charge is 0.318 e. The number of rotatable bonds is 8. The second-order valence-electron chi connectivity index (χ2n) is 11.6. The number of nitrogens with zero attached hydrogens (tertiary/aromatic N) is 7. The molecule has 10 heteroatoms. The van der Waals surface area contributed by atoms with Gasteiger partial charge in [-0.2, -0.15) is 15.2 Å². The molecule has 10 nitrogen and oxygen atoms in total. The average molecular weight is 582 g/mol. The van der Waals surface area contributed by atoms with Crippen molar-refractivity contribution in [2.24, 2.45) is 0 Å². The number of methoxy groups -OCH3 is 1. The number of hydrogen-bond acceptors (Lipinski definition) is 9. The van der Waals surface area contributed by atoms with Crippen LogP contribution in [-0.4, -0.2) is 97.4 Å². The van der Waals surface area contributed by atoms with Gasteiger partial charge in [-0.1, -0.05) is 43.0 Å². The monoisotopic (exact) mass is 581 g/mol. The van der Waals surface area contributed by atoms with Gasteiger partial charge < -0.3 is 24.2 Å². The van der Waals surface area contributed by atoms with Crippen molar-refractivity contribution in [2.75, 3.05) is 63.3 Å². The van der Waals surface area contributed by atoms with E-state index in [1.165, 1.54) is 22.5 Å². The molecule has 43 heavy (non-hydrogen) atoms. The third kappa shape index (κ3) is 5.88. The molecular weight excluding hydrogens is 542 g/mol. The molecule has 4 heterocycles. The number of fused-ring (bicyclic) bond motifs is 2. The molecule has 3 atom stereocenters. The standard InChI is InChI=1S/C33H39N7O3/c1-4-31(41)40-17-16-39(19-24(40)12-14-34)32-28-13-15-38(30-11-7-9-23-8-5-6-10-27(23)30)21-29(28)35-33(36-32)43-22-25-18-26(42-3)20-37(25)2/h4-11,24-26H,1,12-13,15-22H2,2-3H3/t24?,25-,26+/m0/s1. The first-order chi connectivity index (χ1) is 21.0. The summed E-state index contributed by atoms with van der Waals surface area (Å²) in [5.41, 5.74) is 3.26. The van der Waals surface area contributed by atoms with E-state index in [1.54, 1.807) is 12.0 Å². The first kappa shape index (κ1) is 28.9. The Bertz CT molecular complexity index is 1530. The van der Waals surface area contributed by atoms with Crippen molar-refractivity contribution in [3.05, 3.63) is 66.4 Å². The van der Waals surface area contributed by atoms with E-state index in [2.05, 4.69) is 76.9 Å². The molecule has 0 radical (unpaired) electrons. The van der Waals surface area contributed by atoms with Gasteiger partial charge >= 0.3 is 6.01 Å². The number of hydrogen-bond donors (Lipinski definition) is 0. The Morgan fingerprint density at radius 2 is 1.93 bits per heavy atom. The van der Waals surface area contributed by atoms with Gasteiger partial charge in [-0.15, -0.1) is 0 Å². The van der Waals surface area contributed by atoms with Crippen LogP contribution in [0.1, 0.15) is 24.1 Å². The van der Waals surface area contributed by atoms with E-state index in [1.807, 2.05) is 0 Å². The van der Waals surface area contributed by atoms with Crippen molar-refractivity contribution >= 4 is 28.2 Å². The first-order valence-corrected chi connectivity index (χ1v) is 15.0. The maximum Gasteiger partial charge on any atom is 0.318 e. The van der Waals surface area contributed by atoms with Crippen LogP contribution in [0.25, 0.3) is 10.8 Å². The molecule has 0 N–H and O–H groups in total. The van der Waals surface area contributed by atoms with Crippen molar-refractivity contribution < 1.29 is 14.3 Å². The van der Waals surface area contributed by atoms with Gasteiger partial charge in [0.1, 0.15) is 12.4 Å². The molecule has 0 spiro atoms. The van der Waals surface area contributed by atoms with Crippen LogP contribution in [0, 0.1) is 11.3 Å². The highest BCUT2D eigenvalue weighted by Crippen LogP contribution is 2.35. The Labute approximate surface area is 253 Å². The highest BCUT2D eigenvalue weighted by Gasteiger charge is 2.34. The quantitative estimate of drug-likeness (QED) is 0.371. The van der Waals surface area contributed by atoms with E-state index in [-0.39, 0.29) is 30.5 Å². The minimum atomic E-state index is -0.242. The molecule has 2 fully saturated rings. The summed E-state index contributed by atoms with van der Waals surface area (Å²) in [4.78, 5) is 31.1. The van der Waals surface area contributed by atoms with E-state index in [0.717, 1.165) is 43.0 Å². The van der Waals surface area contributed by atoms with Crippen molar-refractivity contribution in [1.82, 2.24) is 19.8 Å². The lowest BCUT2D eigenvalue weighted by molar-refractivity contribution is -0.128. The van der Waals surface area contributed by atoms with Gasteiger partial charge in [0.25, 0.3) is 0 Å².